The molecule has 3 rings (SSSR count). The maximum Gasteiger partial charge on any atom is 0.317 e. The molecule has 1 aliphatic rings. The van der Waals surface area contributed by atoms with Gasteiger partial charge in [0.2, 0.25) is 0 Å². The second-order valence-electron chi connectivity index (χ2n) is 6.39. The van der Waals surface area contributed by atoms with Gasteiger partial charge in [-0.3, -0.25) is 0 Å². The molecule has 0 spiro atoms. The first-order chi connectivity index (χ1) is 13.2. The lowest BCUT2D eigenvalue weighted by molar-refractivity contribution is 0.192. The first-order valence-corrected chi connectivity index (χ1v) is 10.1. The van der Waals surface area contributed by atoms with Crippen LogP contribution in [-0.4, -0.2) is 44.0 Å². The molecule has 6 heteroatoms. The Hall–Kier alpha value is -2.34. The number of rotatable bonds is 7. The van der Waals surface area contributed by atoms with E-state index in [0.717, 1.165) is 29.9 Å². The van der Waals surface area contributed by atoms with Gasteiger partial charge in [-0.25, -0.2) is 4.79 Å². The Bertz CT molecular complexity index is 768. The van der Waals surface area contributed by atoms with Gasteiger partial charge in [-0.1, -0.05) is 18.2 Å². The zero-order valence-electron chi connectivity index (χ0n) is 15.9. The average Bonchev–Trinajstić information content (AvgIpc) is 2.72. The highest BCUT2D eigenvalue weighted by atomic mass is 32.2. The van der Waals surface area contributed by atoms with Crippen LogP contribution in [-0.2, 0) is 13.0 Å². The lowest BCUT2D eigenvalue weighted by atomic mass is 9.99. The van der Waals surface area contributed by atoms with Crippen molar-refractivity contribution in [3.63, 3.8) is 0 Å². The van der Waals surface area contributed by atoms with E-state index in [1.165, 1.54) is 10.5 Å². The molecule has 2 amide bonds. The third-order valence-electron chi connectivity index (χ3n) is 4.61. The number of thioether (sulfide) groups is 1. The third kappa shape index (κ3) is 5.10. The minimum atomic E-state index is 0.000135. The number of amides is 2. The van der Waals surface area contributed by atoms with Crippen molar-refractivity contribution in [3.8, 4) is 11.5 Å². The van der Waals surface area contributed by atoms with Crippen LogP contribution in [0.4, 0.5) is 4.79 Å². The molecule has 0 radical (unpaired) electrons. The number of carbonyl (C=O) groups is 1. The number of nitrogens with zero attached hydrogens (tertiary/aromatic N) is 1. The van der Waals surface area contributed by atoms with Crippen LogP contribution in [0.2, 0.25) is 0 Å². The van der Waals surface area contributed by atoms with Crippen molar-refractivity contribution in [2.24, 2.45) is 0 Å². The van der Waals surface area contributed by atoms with E-state index in [1.807, 2.05) is 47.0 Å². The van der Waals surface area contributed by atoms with Crippen LogP contribution < -0.4 is 14.8 Å². The Morgan fingerprint density at radius 3 is 2.52 bits per heavy atom. The maximum absolute atomic E-state index is 12.5. The molecule has 5 nitrogen and oxygen atoms in total. The summed E-state index contributed by atoms with van der Waals surface area (Å²) in [6, 6.07) is 14.3. The van der Waals surface area contributed by atoms with E-state index in [0.29, 0.717) is 25.4 Å². The maximum atomic E-state index is 12.5. The van der Waals surface area contributed by atoms with E-state index in [1.54, 1.807) is 14.2 Å². The Balaban J connectivity index is 1.46. The molecule has 27 heavy (non-hydrogen) atoms. The Morgan fingerprint density at radius 2 is 1.81 bits per heavy atom. The van der Waals surface area contributed by atoms with E-state index in [4.69, 9.17) is 9.47 Å². The number of ether oxygens (including phenoxy) is 2. The fraction of sp³-hybridized carbons (Fsp3) is 0.381. The highest BCUT2D eigenvalue weighted by Crippen LogP contribution is 2.33. The fourth-order valence-electron chi connectivity index (χ4n) is 3.14. The molecule has 1 N–H and O–H groups in total. The van der Waals surface area contributed by atoms with Crippen LogP contribution in [0.3, 0.4) is 0 Å². The van der Waals surface area contributed by atoms with Gasteiger partial charge in [0.15, 0.2) is 11.5 Å². The van der Waals surface area contributed by atoms with E-state index < -0.39 is 0 Å². The van der Waals surface area contributed by atoms with Crippen molar-refractivity contribution in [2.75, 3.05) is 33.1 Å². The predicted molar refractivity (Wildman–Crippen MR) is 109 cm³/mol. The fourth-order valence-corrected chi connectivity index (χ4v) is 4.02. The Kier molecular flexibility index (Phi) is 6.87. The summed E-state index contributed by atoms with van der Waals surface area (Å²) in [4.78, 5) is 15.6. The molecule has 2 aromatic carbocycles. The zero-order chi connectivity index (χ0) is 19.1. The molecule has 1 aliphatic heterocycles. The monoisotopic (exact) mass is 386 g/mol. The number of hydrogen-bond donors (Lipinski definition) is 1. The molecule has 0 unspecified atom stereocenters. The molecule has 0 fully saturated rings. The highest BCUT2D eigenvalue weighted by molar-refractivity contribution is 7.99. The van der Waals surface area contributed by atoms with Gasteiger partial charge in [0.1, 0.15) is 0 Å². The standard InChI is InChI=1S/C21H26N2O3S/c1-25-19-13-16-9-11-23(15-17(16)14-20(19)26-2)21(24)22-10-6-12-27-18-7-4-3-5-8-18/h3-5,7-8,13-14H,6,9-12,15H2,1-2H3,(H,22,24). The molecular formula is C21H26N2O3S. The SMILES string of the molecule is COc1cc2c(cc1OC)CN(C(=O)NCCCSc1ccccc1)CC2. The number of urea groups is 1. The summed E-state index contributed by atoms with van der Waals surface area (Å²) in [7, 11) is 3.27. The van der Waals surface area contributed by atoms with E-state index in [9.17, 15) is 4.79 Å². The molecule has 0 saturated carbocycles. The number of nitrogens with one attached hydrogen (secondary N) is 1. The van der Waals surface area contributed by atoms with Gasteiger partial charge in [-0.2, -0.15) is 0 Å². The average molecular weight is 387 g/mol. The highest BCUT2D eigenvalue weighted by Gasteiger charge is 2.22. The van der Waals surface area contributed by atoms with Crippen LogP contribution >= 0.6 is 11.8 Å². The van der Waals surface area contributed by atoms with Gasteiger partial charge in [0.05, 0.1) is 14.2 Å². The van der Waals surface area contributed by atoms with Gasteiger partial charge in [-0.15, -0.1) is 11.8 Å². The smallest absolute Gasteiger partial charge is 0.317 e. The van der Waals surface area contributed by atoms with Gasteiger partial charge in [0, 0.05) is 24.5 Å². The quantitative estimate of drug-likeness (QED) is 0.578. The van der Waals surface area contributed by atoms with E-state index in [2.05, 4.69) is 17.4 Å². The number of carbonyl (C=O) groups excluding carboxylic acids is 1. The summed E-state index contributed by atoms with van der Waals surface area (Å²) in [5.74, 6) is 2.44. The second kappa shape index (κ2) is 9.55. The number of fused-ring (bicyclic) bond motifs is 1. The largest absolute Gasteiger partial charge is 0.493 e. The minimum Gasteiger partial charge on any atom is -0.493 e. The zero-order valence-corrected chi connectivity index (χ0v) is 16.7. The van der Waals surface area contributed by atoms with Gasteiger partial charge < -0.3 is 19.7 Å². The summed E-state index contributed by atoms with van der Waals surface area (Å²) in [6.45, 7) is 2.00. The first kappa shape index (κ1) is 19.4. The van der Waals surface area contributed by atoms with Crippen LogP contribution in [0, 0.1) is 0 Å². The normalized spacial score (nSPS) is 13.0. The predicted octanol–water partition coefficient (Wildman–Crippen LogP) is 3.95. The van der Waals surface area contributed by atoms with Crippen molar-refractivity contribution in [1.29, 1.82) is 0 Å². The van der Waals surface area contributed by atoms with Crippen molar-refractivity contribution < 1.29 is 14.3 Å². The van der Waals surface area contributed by atoms with Crippen LogP contribution in [0.1, 0.15) is 17.5 Å². The molecule has 1 heterocycles. The number of methoxy groups -OCH3 is 2. The first-order valence-electron chi connectivity index (χ1n) is 9.15. The van der Waals surface area contributed by atoms with Gasteiger partial charge >= 0.3 is 6.03 Å². The second-order valence-corrected chi connectivity index (χ2v) is 7.56. The summed E-state index contributed by atoms with van der Waals surface area (Å²) < 4.78 is 10.7. The molecule has 0 atom stereocenters. The lowest BCUT2D eigenvalue weighted by Gasteiger charge is -2.29. The Morgan fingerprint density at radius 1 is 1.11 bits per heavy atom. The molecule has 0 saturated heterocycles. The number of hydrogen-bond acceptors (Lipinski definition) is 4. The topological polar surface area (TPSA) is 50.8 Å². The van der Waals surface area contributed by atoms with Crippen LogP contribution in [0.25, 0.3) is 0 Å². The summed E-state index contributed by atoms with van der Waals surface area (Å²) in [6.07, 6.45) is 1.77. The summed E-state index contributed by atoms with van der Waals surface area (Å²) in [5.41, 5.74) is 2.34. The lowest BCUT2D eigenvalue weighted by Crippen LogP contribution is -2.43. The van der Waals surface area contributed by atoms with Crippen molar-refractivity contribution in [3.05, 3.63) is 53.6 Å². The van der Waals surface area contributed by atoms with Crippen LogP contribution in [0.5, 0.6) is 11.5 Å². The Labute approximate surface area is 165 Å². The van der Waals surface area contributed by atoms with Gasteiger partial charge in [0.25, 0.3) is 0 Å². The molecular weight excluding hydrogens is 360 g/mol. The van der Waals surface area contributed by atoms with E-state index in [-0.39, 0.29) is 6.03 Å². The van der Waals surface area contributed by atoms with Crippen molar-refractivity contribution >= 4 is 17.8 Å². The third-order valence-corrected chi connectivity index (χ3v) is 5.71. The van der Waals surface area contributed by atoms with Crippen LogP contribution in [0.15, 0.2) is 47.4 Å². The molecule has 0 aliphatic carbocycles. The summed E-state index contributed by atoms with van der Waals surface area (Å²) >= 11 is 1.82. The number of benzene rings is 2. The molecule has 0 bridgehead atoms. The molecule has 0 aromatic heterocycles. The van der Waals surface area contributed by atoms with Gasteiger partial charge in [-0.05, 0) is 54.0 Å². The minimum absolute atomic E-state index is 0.000135. The summed E-state index contributed by atoms with van der Waals surface area (Å²) in [5, 5.41) is 3.04. The molecule has 144 valence electrons. The van der Waals surface area contributed by atoms with Crippen molar-refractivity contribution in [1.82, 2.24) is 10.2 Å². The van der Waals surface area contributed by atoms with Crippen molar-refractivity contribution in [2.45, 2.75) is 24.3 Å². The van der Waals surface area contributed by atoms with E-state index >= 15 is 0 Å². The molecule has 2 aromatic rings.